The molecule has 1 N–H and O–H groups in total. The Balaban J connectivity index is 2.30. The molecule has 84 valence electrons. The molecular weight excluding hydrogens is 218 g/mol. The number of aryl methyl sites for hydroxylation is 3. The van der Waals surface area contributed by atoms with E-state index in [9.17, 15) is 0 Å². The van der Waals surface area contributed by atoms with Crippen LogP contribution in [0, 0.1) is 5.41 Å². The maximum Gasteiger partial charge on any atom is 0.136 e. The summed E-state index contributed by atoms with van der Waals surface area (Å²) >= 11 is 1.78. The van der Waals surface area contributed by atoms with Gasteiger partial charge in [0, 0.05) is 11.4 Å². The highest BCUT2D eigenvalue weighted by atomic mass is 32.1. The van der Waals surface area contributed by atoms with Crippen LogP contribution in [0.25, 0.3) is 10.2 Å². The lowest BCUT2D eigenvalue weighted by Crippen LogP contribution is -2.20. The Morgan fingerprint density at radius 2 is 2.38 bits per heavy atom. The van der Waals surface area contributed by atoms with Gasteiger partial charge in [-0.1, -0.05) is 6.92 Å². The highest BCUT2D eigenvalue weighted by Gasteiger charge is 2.19. The van der Waals surface area contributed by atoms with Crippen molar-refractivity contribution in [2.45, 2.75) is 39.2 Å². The van der Waals surface area contributed by atoms with Crippen molar-refractivity contribution in [2.75, 3.05) is 0 Å². The summed E-state index contributed by atoms with van der Waals surface area (Å²) in [5.74, 6) is 0. The smallest absolute Gasteiger partial charge is 0.136 e. The van der Waals surface area contributed by atoms with Gasteiger partial charge in [-0.2, -0.15) is 0 Å². The zero-order valence-electron chi connectivity index (χ0n) is 9.42. The molecule has 2 aromatic rings. The van der Waals surface area contributed by atoms with Crippen molar-refractivity contribution in [3.8, 4) is 0 Å². The van der Waals surface area contributed by atoms with E-state index in [0.717, 1.165) is 29.6 Å². The molecule has 0 fully saturated rings. The minimum atomic E-state index is 0.659. The molecule has 0 unspecified atom stereocenters. The monoisotopic (exact) mass is 233 g/mol. The molecule has 0 spiro atoms. The minimum Gasteiger partial charge on any atom is -0.317 e. The van der Waals surface area contributed by atoms with E-state index in [-0.39, 0.29) is 0 Å². The summed E-state index contributed by atoms with van der Waals surface area (Å²) in [6, 6.07) is 0. The van der Waals surface area contributed by atoms with Crippen LogP contribution in [0.2, 0.25) is 0 Å². The fourth-order valence-electron chi connectivity index (χ4n) is 2.46. The van der Waals surface area contributed by atoms with Crippen molar-refractivity contribution in [3.63, 3.8) is 0 Å². The molecule has 3 rings (SSSR count). The van der Waals surface area contributed by atoms with Crippen LogP contribution >= 0.6 is 11.3 Å². The van der Waals surface area contributed by atoms with Gasteiger partial charge in [-0.15, -0.1) is 11.3 Å². The third kappa shape index (κ3) is 1.33. The first-order valence-corrected chi connectivity index (χ1v) is 6.67. The zero-order chi connectivity index (χ0) is 11.1. The average molecular weight is 233 g/mol. The van der Waals surface area contributed by atoms with Crippen LogP contribution in [-0.4, -0.2) is 9.55 Å². The number of rotatable bonds is 2. The van der Waals surface area contributed by atoms with E-state index in [1.54, 1.807) is 11.3 Å². The van der Waals surface area contributed by atoms with Crippen molar-refractivity contribution in [1.29, 1.82) is 5.41 Å². The number of fused-ring (bicyclic) bond motifs is 3. The van der Waals surface area contributed by atoms with E-state index in [1.165, 1.54) is 23.3 Å². The number of hydrogen-bond donors (Lipinski definition) is 1. The van der Waals surface area contributed by atoms with E-state index >= 15 is 0 Å². The largest absolute Gasteiger partial charge is 0.317 e. The van der Waals surface area contributed by atoms with Gasteiger partial charge in [0.25, 0.3) is 0 Å². The molecule has 2 heterocycles. The van der Waals surface area contributed by atoms with Crippen molar-refractivity contribution in [3.05, 3.63) is 22.3 Å². The second-order valence-electron chi connectivity index (χ2n) is 4.32. The highest BCUT2D eigenvalue weighted by Crippen LogP contribution is 2.34. The van der Waals surface area contributed by atoms with Crippen LogP contribution in [0.3, 0.4) is 0 Å². The molecule has 0 amide bonds. The van der Waals surface area contributed by atoms with Crippen LogP contribution in [0.1, 0.15) is 30.2 Å². The molecule has 0 aromatic carbocycles. The highest BCUT2D eigenvalue weighted by molar-refractivity contribution is 7.18. The molecule has 4 heteroatoms. The molecule has 0 saturated heterocycles. The molecule has 16 heavy (non-hydrogen) atoms. The van der Waals surface area contributed by atoms with Crippen molar-refractivity contribution < 1.29 is 0 Å². The number of hydrogen-bond acceptors (Lipinski definition) is 3. The van der Waals surface area contributed by atoms with Gasteiger partial charge in [-0.3, -0.25) is 5.41 Å². The van der Waals surface area contributed by atoms with Gasteiger partial charge in [-0.25, -0.2) is 4.98 Å². The third-order valence-corrected chi connectivity index (χ3v) is 4.41. The number of nitrogens with one attached hydrogen (secondary N) is 1. The van der Waals surface area contributed by atoms with E-state index < -0.39 is 0 Å². The second kappa shape index (κ2) is 3.70. The van der Waals surface area contributed by atoms with Crippen molar-refractivity contribution in [1.82, 2.24) is 9.55 Å². The Bertz CT molecular complexity index is 594. The molecule has 1 aliphatic carbocycles. The molecule has 0 atom stereocenters. The summed E-state index contributed by atoms with van der Waals surface area (Å²) in [5, 5.41) is 9.38. The summed E-state index contributed by atoms with van der Waals surface area (Å²) in [6.45, 7) is 3.03. The van der Waals surface area contributed by atoms with Gasteiger partial charge in [-0.05, 0) is 31.2 Å². The number of aromatic nitrogens is 2. The molecule has 0 bridgehead atoms. The van der Waals surface area contributed by atoms with Crippen LogP contribution in [0.5, 0.6) is 0 Å². The Kier molecular flexibility index (Phi) is 2.32. The Hall–Kier alpha value is -1.16. The lowest BCUT2D eigenvalue weighted by molar-refractivity contribution is 0.633. The van der Waals surface area contributed by atoms with E-state index in [4.69, 9.17) is 5.41 Å². The van der Waals surface area contributed by atoms with E-state index in [0.29, 0.717) is 5.49 Å². The first kappa shape index (κ1) is 10.0. The van der Waals surface area contributed by atoms with Crippen LogP contribution in [0.4, 0.5) is 0 Å². The quantitative estimate of drug-likeness (QED) is 0.850. The van der Waals surface area contributed by atoms with Gasteiger partial charge in [0.15, 0.2) is 0 Å². The van der Waals surface area contributed by atoms with E-state index in [1.807, 2.05) is 10.9 Å². The predicted octanol–water partition coefficient (Wildman–Crippen LogP) is 2.48. The number of thiophene rings is 1. The zero-order valence-corrected chi connectivity index (χ0v) is 10.2. The summed E-state index contributed by atoms with van der Waals surface area (Å²) in [6.07, 6.45) is 6.44. The standard InChI is InChI=1S/C12H15N3S/c1-2-6-15-7-14-12-10(11(15)13)8-4-3-5-9(8)16-12/h7,13H,2-6H2,1H3. The molecule has 3 nitrogen and oxygen atoms in total. The van der Waals surface area contributed by atoms with Gasteiger partial charge in [0.2, 0.25) is 0 Å². The number of nitrogens with zero attached hydrogens (tertiary/aromatic N) is 2. The van der Waals surface area contributed by atoms with E-state index in [2.05, 4.69) is 11.9 Å². The lowest BCUT2D eigenvalue weighted by atomic mass is 10.2. The van der Waals surface area contributed by atoms with Crippen LogP contribution < -0.4 is 5.49 Å². The minimum absolute atomic E-state index is 0.659. The van der Waals surface area contributed by atoms with Crippen molar-refractivity contribution in [2.24, 2.45) is 0 Å². The van der Waals surface area contributed by atoms with Crippen LogP contribution in [-0.2, 0) is 19.4 Å². The summed E-state index contributed by atoms with van der Waals surface area (Å²) in [7, 11) is 0. The summed E-state index contributed by atoms with van der Waals surface area (Å²) < 4.78 is 1.97. The molecule has 2 aromatic heterocycles. The molecule has 0 saturated carbocycles. The second-order valence-corrected chi connectivity index (χ2v) is 5.41. The Morgan fingerprint density at radius 3 is 3.19 bits per heavy atom. The molecular formula is C12H15N3S. The molecule has 1 aliphatic rings. The summed E-state index contributed by atoms with van der Waals surface area (Å²) in [4.78, 5) is 7.01. The fourth-order valence-corrected chi connectivity index (χ4v) is 3.69. The normalized spacial score (nSPS) is 14.6. The van der Waals surface area contributed by atoms with Gasteiger partial charge >= 0.3 is 0 Å². The Labute approximate surface area is 98.3 Å². The van der Waals surface area contributed by atoms with Gasteiger partial charge < -0.3 is 4.57 Å². The fraction of sp³-hybridized carbons (Fsp3) is 0.500. The molecule has 0 radical (unpaired) electrons. The predicted molar refractivity (Wildman–Crippen MR) is 65.8 cm³/mol. The van der Waals surface area contributed by atoms with Crippen LogP contribution in [0.15, 0.2) is 6.33 Å². The first-order valence-electron chi connectivity index (χ1n) is 5.85. The molecule has 0 aliphatic heterocycles. The first-order chi connectivity index (χ1) is 7.81. The maximum atomic E-state index is 8.26. The summed E-state index contributed by atoms with van der Waals surface area (Å²) in [5.41, 5.74) is 2.06. The van der Waals surface area contributed by atoms with Crippen molar-refractivity contribution >= 4 is 21.6 Å². The maximum absolute atomic E-state index is 8.26. The van der Waals surface area contributed by atoms with Gasteiger partial charge in [0.1, 0.15) is 10.3 Å². The average Bonchev–Trinajstić information content (AvgIpc) is 2.81. The third-order valence-electron chi connectivity index (χ3n) is 3.21. The topological polar surface area (TPSA) is 41.7 Å². The Morgan fingerprint density at radius 1 is 1.50 bits per heavy atom. The SMILES string of the molecule is CCCn1cnc2sc3c(c2c1=N)CCC3. The van der Waals surface area contributed by atoms with Gasteiger partial charge in [0.05, 0.1) is 11.7 Å². The lowest BCUT2D eigenvalue weighted by Gasteiger charge is -2.05.